The second-order valence-corrected chi connectivity index (χ2v) is 6.28. The third-order valence-corrected chi connectivity index (χ3v) is 4.89. The maximum Gasteiger partial charge on any atom is 0.224 e. The zero-order chi connectivity index (χ0) is 15.1. The minimum atomic E-state index is -0.115. The number of hydrogen-bond donors (Lipinski definition) is 2. The second-order valence-electron chi connectivity index (χ2n) is 6.28. The normalized spacial score (nSPS) is 19.0. The first kappa shape index (κ1) is 24.2. The Kier molecular flexibility index (Phi) is 13.7. The Morgan fingerprint density at radius 2 is 1.64 bits per heavy atom. The number of hydrogen-bond acceptors (Lipinski definition) is 3. The molecule has 1 fully saturated rings. The predicted octanol–water partition coefficient (Wildman–Crippen LogP) is 2.83. The molecule has 4 nitrogen and oxygen atoms in total. The minimum Gasteiger partial charge on any atom is -0.354 e. The van der Waals surface area contributed by atoms with Crippen LogP contribution < -0.4 is 11.1 Å². The topological polar surface area (TPSA) is 58.4 Å². The fourth-order valence-electron chi connectivity index (χ4n) is 3.10. The molecule has 3 N–H and O–H groups in total. The number of nitrogens with two attached hydrogens (primary N) is 1. The minimum absolute atomic E-state index is 0. The van der Waals surface area contributed by atoms with Crippen LogP contribution in [0.2, 0.25) is 0 Å². The Morgan fingerprint density at radius 1 is 1.14 bits per heavy atom. The number of halogens is 2. The lowest BCUT2D eigenvalue weighted by Gasteiger charge is -2.34. The largest absolute Gasteiger partial charge is 0.354 e. The molecule has 1 aliphatic heterocycles. The summed E-state index contributed by atoms with van der Waals surface area (Å²) in [4.78, 5) is 14.7. The van der Waals surface area contributed by atoms with E-state index in [0.29, 0.717) is 12.0 Å². The van der Waals surface area contributed by atoms with Gasteiger partial charge in [-0.25, -0.2) is 0 Å². The molecule has 0 spiro atoms. The lowest BCUT2D eigenvalue weighted by atomic mass is 9.92. The summed E-state index contributed by atoms with van der Waals surface area (Å²) in [6, 6.07) is 0.394. The third-order valence-electron chi connectivity index (χ3n) is 4.89. The lowest BCUT2D eigenvalue weighted by molar-refractivity contribution is -0.125. The number of carbonyl (C=O) groups is 1. The average molecular weight is 356 g/mol. The van der Waals surface area contributed by atoms with Crippen LogP contribution in [0.4, 0.5) is 0 Å². The fraction of sp³-hybridized carbons (Fsp3) is 0.938. The molecule has 0 aromatic heterocycles. The Bertz CT molecular complexity index is 291. The van der Waals surface area contributed by atoms with Gasteiger partial charge < -0.3 is 11.1 Å². The molecular weight excluding hydrogens is 321 g/mol. The maximum absolute atomic E-state index is 12.1. The Labute approximate surface area is 148 Å². The van der Waals surface area contributed by atoms with Gasteiger partial charge in [0.25, 0.3) is 0 Å². The van der Waals surface area contributed by atoms with Gasteiger partial charge in [0.15, 0.2) is 0 Å². The molecule has 0 aromatic rings. The summed E-state index contributed by atoms with van der Waals surface area (Å²) in [5, 5.41) is 3.13. The van der Waals surface area contributed by atoms with Gasteiger partial charge in [0.05, 0.1) is 0 Å². The zero-order valence-electron chi connectivity index (χ0n) is 14.5. The maximum atomic E-state index is 12.1. The van der Waals surface area contributed by atoms with Gasteiger partial charge in [0, 0.05) is 24.5 Å². The summed E-state index contributed by atoms with van der Waals surface area (Å²) >= 11 is 0. The van der Waals surface area contributed by atoms with Crippen LogP contribution in [-0.4, -0.2) is 42.5 Å². The smallest absolute Gasteiger partial charge is 0.224 e. The van der Waals surface area contributed by atoms with Gasteiger partial charge >= 0.3 is 0 Å². The SMILES string of the molecule is CCC(CC)C(CNC(=O)C(C)C(C)N)N1CCCC1.Cl.Cl. The first-order valence-electron chi connectivity index (χ1n) is 8.28. The number of likely N-dealkylation sites (tertiary alicyclic amines) is 1. The highest BCUT2D eigenvalue weighted by Crippen LogP contribution is 2.22. The average Bonchev–Trinajstić information content (AvgIpc) is 2.95. The van der Waals surface area contributed by atoms with Crippen LogP contribution in [0.3, 0.4) is 0 Å². The van der Waals surface area contributed by atoms with Crippen molar-refractivity contribution in [1.29, 1.82) is 0 Å². The van der Waals surface area contributed by atoms with Crippen molar-refractivity contribution in [1.82, 2.24) is 10.2 Å². The van der Waals surface area contributed by atoms with Crippen LogP contribution in [0.1, 0.15) is 53.4 Å². The van der Waals surface area contributed by atoms with Gasteiger partial charge in [-0.2, -0.15) is 0 Å². The number of amides is 1. The Morgan fingerprint density at radius 3 is 2.05 bits per heavy atom. The highest BCUT2D eigenvalue weighted by molar-refractivity contribution is 5.85. The van der Waals surface area contributed by atoms with Crippen LogP contribution in [0, 0.1) is 11.8 Å². The van der Waals surface area contributed by atoms with Gasteiger partial charge in [-0.1, -0.05) is 33.6 Å². The van der Waals surface area contributed by atoms with E-state index in [1.807, 2.05) is 13.8 Å². The lowest BCUT2D eigenvalue weighted by Crippen LogP contribution is -2.49. The van der Waals surface area contributed by atoms with Gasteiger partial charge in [0.2, 0.25) is 5.91 Å². The number of carbonyl (C=O) groups excluding carboxylic acids is 1. The first-order chi connectivity index (χ1) is 9.51. The number of rotatable bonds is 8. The second kappa shape index (κ2) is 12.4. The van der Waals surface area contributed by atoms with E-state index in [1.165, 1.54) is 38.8 Å². The molecule has 22 heavy (non-hydrogen) atoms. The molecule has 3 unspecified atom stereocenters. The highest BCUT2D eigenvalue weighted by Gasteiger charge is 2.28. The van der Waals surface area contributed by atoms with Crippen LogP contribution in [0.25, 0.3) is 0 Å². The molecule has 1 rings (SSSR count). The van der Waals surface area contributed by atoms with Gasteiger partial charge in [0.1, 0.15) is 0 Å². The summed E-state index contributed by atoms with van der Waals surface area (Å²) in [7, 11) is 0. The molecule has 1 saturated heterocycles. The van der Waals surface area contributed by atoms with Crippen molar-refractivity contribution < 1.29 is 4.79 Å². The summed E-state index contributed by atoms with van der Waals surface area (Å²) in [5.41, 5.74) is 5.81. The van der Waals surface area contributed by atoms with Crippen molar-refractivity contribution in [2.24, 2.45) is 17.6 Å². The van der Waals surface area contributed by atoms with E-state index in [-0.39, 0.29) is 42.7 Å². The monoisotopic (exact) mass is 355 g/mol. The molecule has 0 saturated carbocycles. The van der Waals surface area contributed by atoms with Crippen LogP contribution in [0.15, 0.2) is 0 Å². The summed E-state index contributed by atoms with van der Waals surface area (Å²) in [6.07, 6.45) is 4.94. The van der Waals surface area contributed by atoms with E-state index < -0.39 is 0 Å². The molecule has 0 radical (unpaired) electrons. The van der Waals surface area contributed by atoms with Crippen molar-refractivity contribution in [2.45, 2.75) is 65.5 Å². The van der Waals surface area contributed by atoms with Crippen molar-refractivity contribution in [3.8, 4) is 0 Å². The summed E-state index contributed by atoms with van der Waals surface area (Å²) in [5.74, 6) is 0.644. The van der Waals surface area contributed by atoms with Crippen molar-refractivity contribution >= 4 is 30.7 Å². The summed E-state index contributed by atoms with van der Waals surface area (Å²) < 4.78 is 0. The first-order valence-corrected chi connectivity index (χ1v) is 8.28. The molecule has 0 bridgehead atoms. The Hall–Kier alpha value is -0.0300. The molecule has 1 aliphatic rings. The van der Waals surface area contributed by atoms with Crippen LogP contribution in [0.5, 0.6) is 0 Å². The van der Waals surface area contributed by atoms with Crippen LogP contribution in [-0.2, 0) is 4.79 Å². The molecule has 0 aliphatic carbocycles. The standard InChI is InChI=1S/C16H33N3O.2ClH/c1-5-14(6-2)15(19-9-7-8-10-19)11-18-16(20)12(3)13(4)17;;/h12-15H,5-11,17H2,1-4H3,(H,18,20);2*1H. The van der Waals surface area contributed by atoms with Crippen molar-refractivity contribution in [2.75, 3.05) is 19.6 Å². The van der Waals surface area contributed by atoms with Gasteiger partial charge in [-0.05, 0) is 38.8 Å². The molecular formula is C16H35Cl2N3O. The quantitative estimate of drug-likeness (QED) is 0.703. The molecule has 6 heteroatoms. The Balaban J connectivity index is 0. The molecule has 0 aromatic carbocycles. The number of nitrogens with zero attached hydrogens (tertiary/aromatic N) is 1. The van der Waals surface area contributed by atoms with Crippen molar-refractivity contribution in [3.63, 3.8) is 0 Å². The van der Waals surface area contributed by atoms with E-state index in [1.54, 1.807) is 0 Å². The van der Waals surface area contributed by atoms with Crippen molar-refractivity contribution in [3.05, 3.63) is 0 Å². The van der Waals surface area contributed by atoms with E-state index in [9.17, 15) is 4.79 Å². The van der Waals surface area contributed by atoms with E-state index in [4.69, 9.17) is 5.73 Å². The van der Waals surface area contributed by atoms with Gasteiger partial charge in [-0.3, -0.25) is 9.69 Å². The molecule has 134 valence electrons. The highest BCUT2D eigenvalue weighted by atomic mass is 35.5. The van der Waals surface area contributed by atoms with Crippen LogP contribution >= 0.6 is 24.8 Å². The molecule has 1 amide bonds. The number of nitrogens with one attached hydrogen (secondary N) is 1. The van der Waals surface area contributed by atoms with E-state index in [2.05, 4.69) is 24.1 Å². The predicted molar refractivity (Wildman–Crippen MR) is 99.0 cm³/mol. The molecule has 3 atom stereocenters. The third kappa shape index (κ3) is 7.03. The zero-order valence-corrected chi connectivity index (χ0v) is 16.1. The summed E-state index contributed by atoms with van der Waals surface area (Å²) in [6.45, 7) is 11.4. The van der Waals surface area contributed by atoms with Gasteiger partial charge in [-0.15, -0.1) is 24.8 Å². The fourth-order valence-corrected chi connectivity index (χ4v) is 3.10. The van der Waals surface area contributed by atoms with E-state index >= 15 is 0 Å². The molecule has 1 heterocycles. The van der Waals surface area contributed by atoms with E-state index in [0.717, 1.165) is 6.54 Å².